The van der Waals surface area contributed by atoms with Crippen LogP contribution in [0.4, 0.5) is 0 Å². The Morgan fingerprint density at radius 1 is 1.47 bits per heavy atom. The normalized spacial score (nSPS) is 10.5. The van der Waals surface area contributed by atoms with E-state index in [1.807, 2.05) is 6.92 Å². The number of carboxylic acid groups (broad SMARTS) is 1. The summed E-state index contributed by atoms with van der Waals surface area (Å²) in [6.07, 6.45) is 2.56. The Kier molecular flexibility index (Phi) is 5.03. The summed E-state index contributed by atoms with van der Waals surface area (Å²) in [4.78, 5) is 10.4. The van der Waals surface area contributed by atoms with Crippen LogP contribution in [0.2, 0.25) is 0 Å². The number of methoxy groups -OCH3 is 1. The zero-order valence-corrected chi connectivity index (χ0v) is 11.2. The third-order valence-electron chi connectivity index (χ3n) is 1.99. The Morgan fingerprint density at radius 3 is 2.71 bits per heavy atom. The van der Waals surface area contributed by atoms with Gasteiger partial charge in [-0.15, -0.1) is 0 Å². The van der Waals surface area contributed by atoms with Crippen molar-refractivity contribution in [2.45, 2.75) is 6.92 Å². The fourth-order valence-corrected chi connectivity index (χ4v) is 1.72. The molecule has 0 unspecified atom stereocenters. The predicted molar refractivity (Wildman–Crippen MR) is 68.5 cm³/mol. The smallest absolute Gasteiger partial charge is 0.328 e. The van der Waals surface area contributed by atoms with E-state index < -0.39 is 5.97 Å². The van der Waals surface area contributed by atoms with Crippen LogP contribution in [-0.4, -0.2) is 24.8 Å². The number of rotatable bonds is 5. The van der Waals surface area contributed by atoms with Crippen molar-refractivity contribution in [3.63, 3.8) is 0 Å². The molecular formula is C12H13BrO4. The van der Waals surface area contributed by atoms with E-state index in [1.54, 1.807) is 12.1 Å². The summed E-state index contributed by atoms with van der Waals surface area (Å²) in [6.45, 7) is 2.42. The third-order valence-corrected chi connectivity index (χ3v) is 2.68. The molecule has 5 heteroatoms. The third kappa shape index (κ3) is 3.78. The molecule has 1 N–H and O–H groups in total. The van der Waals surface area contributed by atoms with Crippen LogP contribution in [-0.2, 0) is 4.79 Å². The Labute approximate surface area is 108 Å². The van der Waals surface area contributed by atoms with Gasteiger partial charge in [0.05, 0.1) is 13.7 Å². The lowest BCUT2D eigenvalue weighted by Crippen LogP contribution is -1.96. The average Bonchev–Trinajstić information content (AvgIpc) is 2.28. The molecule has 17 heavy (non-hydrogen) atoms. The number of ether oxygens (including phenoxy) is 2. The van der Waals surface area contributed by atoms with E-state index in [1.165, 1.54) is 13.2 Å². The Bertz CT molecular complexity index is 440. The molecule has 0 bridgehead atoms. The van der Waals surface area contributed by atoms with Gasteiger partial charge in [0.2, 0.25) is 0 Å². The molecule has 0 fully saturated rings. The standard InChI is InChI=1S/C12H13BrO4/c1-3-17-11-7-9(13)8(4-5-12(14)15)6-10(11)16-2/h4-7H,3H2,1-2H3,(H,14,15)/b5-4+. The molecule has 1 rings (SSSR count). The van der Waals surface area contributed by atoms with Crippen LogP contribution in [0, 0.1) is 0 Å². The Morgan fingerprint density at radius 2 is 2.18 bits per heavy atom. The molecule has 0 amide bonds. The molecule has 0 radical (unpaired) electrons. The lowest BCUT2D eigenvalue weighted by molar-refractivity contribution is -0.131. The zero-order valence-electron chi connectivity index (χ0n) is 9.57. The molecule has 0 heterocycles. The van der Waals surface area contributed by atoms with Gasteiger partial charge in [0, 0.05) is 10.5 Å². The van der Waals surface area contributed by atoms with Gasteiger partial charge in [-0.2, -0.15) is 0 Å². The van der Waals surface area contributed by atoms with E-state index in [9.17, 15) is 4.79 Å². The topological polar surface area (TPSA) is 55.8 Å². The van der Waals surface area contributed by atoms with E-state index in [-0.39, 0.29) is 0 Å². The number of hydrogen-bond donors (Lipinski definition) is 1. The molecule has 1 aromatic rings. The van der Waals surface area contributed by atoms with Crippen LogP contribution < -0.4 is 9.47 Å². The highest BCUT2D eigenvalue weighted by molar-refractivity contribution is 9.10. The Hall–Kier alpha value is -1.49. The van der Waals surface area contributed by atoms with Gasteiger partial charge >= 0.3 is 5.97 Å². The highest BCUT2D eigenvalue weighted by atomic mass is 79.9. The van der Waals surface area contributed by atoms with E-state index in [2.05, 4.69) is 15.9 Å². The predicted octanol–water partition coefficient (Wildman–Crippen LogP) is 2.95. The summed E-state index contributed by atoms with van der Waals surface area (Å²) in [7, 11) is 1.54. The number of aliphatic carboxylic acids is 1. The summed E-state index contributed by atoms with van der Waals surface area (Å²) in [5.41, 5.74) is 0.715. The quantitative estimate of drug-likeness (QED) is 0.850. The summed E-state index contributed by atoms with van der Waals surface area (Å²) < 4.78 is 11.3. The summed E-state index contributed by atoms with van der Waals surface area (Å²) in [6, 6.07) is 3.47. The van der Waals surface area contributed by atoms with E-state index in [4.69, 9.17) is 14.6 Å². The molecular weight excluding hydrogens is 288 g/mol. The number of benzene rings is 1. The lowest BCUT2D eigenvalue weighted by atomic mass is 10.2. The van der Waals surface area contributed by atoms with Crippen LogP contribution in [0.3, 0.4) is 0 Å². The van der Waals surface area contributed by atoms with Gasteiger partial charge in [-0.3, -0.25) is 0 Å². The maximum atomic E-state index is 10.4. The first-order chi connectivity index (χ1) is 8.08. The van der Waals surface area contributed by atoms with Gasteiger partial charge in [0.25, 0.3) is 0 Å². The maximum absolute atomic E-state index is 10.4. The van der Waals surface area contributed by atoms with Gasteiger partial charge < -0.3 is 14.6 Å². The van der Waals surface area contributed by atoms with Gasteiger partial charge in [0.15, 0.2) is 11.5 Å². The molecule has 1 aromatic carbocycles. The van der Waals surface area contributed by atoms with E-state index in [0.717, 1.165) is 10.5 Å². The van der Waals surface area contributed by atoms with Crippen molar-refractivity contribution in [1.82, 2.24) is 0 Å². The fraction of sp³-hybridized carbons (Fsp3) is 0.250. The first kappa shape index (κ1) is 13.6. The number of hydrogen-bond acceptors (Lipinski definition) is 3. The summed E-state index contributed by atoms with van der Waals surface area (Å²) >= 11 is 3.35. The number of carboxylic acids is 1. The maximum Gasteiger partial charge on any atom is 0.328 e. The second-order valence-electron chi connectivity index (χ2n) is 3.13. The molecule has 0 saturated heterocycles. The molecule has 0 aliphatic heterocycles. The highest BCUT2D eigenvalue weighted by Crippen LogP contribution is 2.34. The van der Waals surface area contributed by atoms with Gasteiger partial charge in [-0.1, -0.05) is 15.9 Å². The zero-order chi connectivity index (χ0) is 12.8. The molecule has 0 spiro atoms. The number of halogens is 1. The van der Waals surface area contributed by atoms with Crippen molar-refractivity contribution in [2.75, 3.05) is 13.7 Å². The molecule has 92 valence electrons. The minimum absolute atomic E-state index is 0.535. The lowest BCUT2D eigenvalue weighted by Gasteiger charge is -2.11. The van der Waals surface area contributed by atoms with Crippen LogP contribution in [0.1, 0.15) is 12.5 Å². The van der Waals surface area contributed by atoms with Crippen LogP contribution in [0.5, 0.6) is 11.5 Å². The van der Waals surface area contributed by atoms with Gasteiger partial charge in [-0.25, -0.2) is 4.79 Å². The van der Waals surface area contributed by atoms with Crippen molar-refractivity contribution >= 4 is 28.0 Å². The SMILES string of the molecule is CCOc1cc(Br)c(/C=C/C(=O)O)cc1OC. The van der Waals surface area contributed by atoms with E-state index >= 15 is 0 Å². The van der Waals surface area contributed by atoms with Crippen molar-refractivity contribution in [2.24, 2.45) is 0 Å². The fourth-order valence-electron chi connectivity index (χ4n) is 1.27. The molecule has 0 saturated carbocycles. The monoisotopic (exact) mass is 300 g/mol. The first-order valence-electron chi connectivity index (χ1n) is 4.99. The number of carbonyl (C=O) groups is 1. The molecule has 0 aliphatic carbocycles. The molecule has 0 atom stereocenters. The van der Waals surface area contributed by atoms with Crippen LogP contribution in [0.25, 0.3) is 6.08 Å². The van der Waals surface area contributed by atoms with E-state index in [0.29, 0.717) is 23.7 Å². The Balaban J connectivity index is 3.12. The summed E-state index contributed by atoms with van der Waals surface area (Å²) in [5, 5.41) is 8.57. The minimum Gasteiger partial charge on any atom is -0.493 e. The highest BCUT2D eigenvalue weighted by Gasteiger charge is 2.08. The molecule has 4 nitrogen and oxygen atoms in total. The first-order valence-corrected chi connectivity index (χ1v) is 5.79. The molecule has 0 aliphatic rings. The van der Waals surface area contributed by atoms with Crippen LogP contribution >= 0.6 is 15.9 Å². The largest absolute Gasteiger partial charge is 0.493 e. The summed E-state index contributed by atoms with van der Waals surface area (Å²) in [5.74, 6) is 0.194. The van der Waals surface area contributed by atoms with Crippen molar-refractivity contribution in [3.8, 4) is 11.5 Å². The minimum atomic E-state index is -0.996. The molecule has 0 aromatic heterocycles. The van der Waals surface area contributed by atoms with Crippen molar-refractivity contribution in [1.29, 1.82) is 0 Å². The average molecular weight is 301 g/mol. The van der Waals surface area contributed by atoms with Gasteiger partial charge in [0.1, 0.15) is 0 Å². The van der Waals surface area contributed by atoms with Crippen molar-refractivity contribution in [3.05, 3.63) is 28.2 Å². The van der Waals surface area contributed by atoms with Crippen molar-refractivity contribution < 1.29 is 19.4 Å². The van der Waals surface area contributed by atoms with Gasteiger partial charge in [-0.05, 0) is 30.7 Å². The second-order valence-corrected chi connectivity index (χ2v) is 3.98. The second kappa shape index (κ2) is 6.30. The van der Waals surface area contributed by atoms with Crippen LogP contribution in [0.15, 0.2) is 22.7 Å².